The average Bonchev–Trinajstić information content (AvgIpc) is 2.57. The normalized spacial score (nSPS) is 11.8. The second-order valence-electron chi connectivity index (χ2n) is 6.85. The minimum atomic E-state index is -0.0555. The molecule has 0 N–H and O–H groups in total. The van der Waals surface area contributed by atoms with E-state index in [1.807, 2.05) is 12.3 Å². The van der Waals surface area contributed by atoms with Gasteiger partial charge in [-0.15, -0.1) is 0 Å². The molecule has 4 nitrogen and oxygen atoms in total. The molecule has 0 aliphatic rings. The van der Waals surface area contributed by atoms with Crippen molar-refractivity contribution in [3.8, 4) is 0 Å². The van der Waals surface area contributed by atoms with Gasteiger partial charge in [0.1, 0.15) is 0 Å². The number of thioether (sulfide) groups is 1. The van der Waals surface area contributed by atoms with Crippen LogP contribution in [0.2, 0.25) is 0 Å². The molecule has 2 heterocycles. The number of hydrogen-bond acceptors (Lipinski definition) is 4. The second-order valence-corrected chi connectivity index (χ2v) is 7.62. The van der Waals surface area contributed by atoms with Gasteiger partial charge in [0.2, 0.25) is 0 Å². The summed E-state index contributed by atoms with van der Waals surface area (Å²) in [5, 5.41) is 1.24. The maximum absolute atomic E-state index is 12.6. The largest absolute Gasteiger partial charge is 0.310 e. The fourth-order valence-corrected chi connectivity index (χ4v) is 2.93. The first kappa shape index (κ1) is 16.7. The summed E-state index contributed by atoms with van der Waals surface area (Å²) in [4.78, 5) is 21.2. The molecule has 0 saturated heterocycles. The molecule has 0 fully saturated rings. The van der Waals surface area contributed by atoms with Crippen molar-refractivity contribution in [2.75, 3.05) is 6.26 Å². The van der Waals surface area contributed by atoms with Crippen molar-refractivity contribution in [2.24, 2.45) is 0 Å². The van der Waals surface area contributed by atoms with E-state index in [9.17, 15) is 4.79 Å². The van der Waals surface area contributed by atoms with Crippen LogP contribution in [-0.2, 0) is 12.0 Å². The third kappa shape index (κ3) is 3.36. The molecular weight excluding hydrogens is 318 g/mol. The molecule has 0 bridgehead atoms. The highest BCUT2D eigenvalue weighted by Crippen LogP contribution is 2.22. The van der Waals surface area contributed by atoms with Gasteiger partial charge in [-0.2, -0.15) is 0 Å². The van der Waals surface area contributed by atoms with E-state index in [1.165, 1.54) is 17.3 Å². The Morgan fingerprint density at radius 1 is 1.12 bits per heavy atom. The van der Waals surface area contributed by atoms with E-state index in [2.05, 4.69) is 55.0 Å². The zero-order valence-electron chi connectivity index (χ0n) is 14.4. The zero-order chi connectivity index (χ0) is 17.3. The molecular formula is C19H21N3OS. The van der Waals surface area contributed by atoms with Crippen LogP contribution in [0.25, 0.3) is 10.9 Å². The Morgan fingerprint density at radius 3 is 2.46 bits per heavy atom. The average molecular weight is 339 g/mol. The van der Waals surface area contributed by atoms with E-state index in [1.54, 1.807) is 17.0 Å². The first-order valence-corrected chi connectivity index (χ1v) is 9.10. The number of fused-ring (bicyclic) bond motifs is 1. The topological polar surface area (TPSA) is 47.8 Å². The highest BCUT2D eigenvalue weighted by atomic mass is 32.2. The monoisotopic (exact) mass is 339 g/mol. The summed E-state index contributed by atoms with van der Waals surface area (Å²) < 4.78 is 1.70. The van der Waals surface area contributed by atoms with E-state index < -0.39 is 0 Å². The first-order chi connectivity index (χ1) is 11.4. The van der Waals surface area contributed by atoms with Crippen LogP contribution in [0.5, 0.6) is 0 Å². The predicted molar refractivity (Wildman–Crippen MR) is 99.8 cm³/mol. The van der Waals surface area contributed by atoms with Gasteiger partial charge in [-0.05, 0) is 28.9 Å². The summed E-state index contributed by atoms with van der Waals surface area (Å²) in [5.41, 5.74) is 3.16. The minimum Gasteiger partial charge on any atom is -0.310 e. The van der Waals surface area contributed by atoms with Crippen molar-refractivity contribution in [3.63, 3.8) is 0 Å². The molecule has 3 aromatic rings. The van der Waals surface area contributed by atoms with Crippen molar-refractivity contribution in [1.82, 2.24) is 14.5 Å². The molecule has 0 spiro atoms. The van der Waals surface area contributed by atoms with Gasteiger partial charge in [0.25, 0.3) is 5.56 Å². The van der Waals surface area contributed by atoms with Gasteiger partial charge < -0.3 is 4.57 Å². The van der Waals surface area contributed by atoms with Crippen molar-refractivity contribution in [3.05, 3.63) is 64.2 Å². The highest BCUT2D eigenvalue weighted by molar-refractivity contribution is 7.98. The Balaban J connectivity index is 1.93. The Morgan fingerprint density at radius 2 is 1.83 bits per heavy atom. The van der Waals surface area contributed by atoms with Crippen molar-refractivity contribution in [1.29, 1.82) is 0 Å². The Bertz CT molecular complexity index is 924. The molecule has 0 amide bonds. The van der Waals surface area contributed by atoms with Crippen LogP contribution in [-0.4, -0.2) is 20.8 Å². The van der Waals surface area contributed by atoms with Crippen molar-refractivity contribution >= 4 is 22.7 Å². The zero-order valence-corrected chi connectivity index (χ0v) is 15.2. The Labute approximate surface area is 146 Å². The fourth-order valence-electron chi connectivity index (χ4n) is 2.58. The van der Waals surface area contributed by atoms with E-state index in [-0.39, 0.29) is 11.0 Å². The number of nitrogens with zero attached hydrogens (tertiary/aromatic N) is 3. The molecule has 0 saturated carbocycles. The smallest absolute Gasteiger partial charge is 0.261 e. The third-order valence-electron chi connectivity index (χ3n) is 4.06. The maximum Gasteiger partial charge on any atom is 0.261 e. The van der Waals surface area contributed by atoms with E-state index in [4.69, 9.17) is 0 Å². The molecule has 0 radical (unpaired) electrons. The summed E-state index contributed by atoms with van der Waals surface area (Å²) >= 11 is 1.47. The van der Waals surface area contributed by atoms with Crippen molar-refractivity contribution in [2.45, 2.75) is 37.9 Å². The van der Waals surface area contributed by atoms with Crippen LogP contribution in [0.4, 0.5) is 0 Å². The van der Waals surface area contributed by atoms with Crippen LogP contribution in [0.1, 0.15) is 31.9 Å². The summed E-state index contributed by atoms with van der Waals surface area (Å²) in [6.45, 7) is 7.12. The van der Waals surface area contributed by atoms with Gasteiger partial charge >= 0.3 is 0 Å². The minimum absolute atomic E-state index is 0.0555. The van der Waals surface area contributed by atoms with Crippen LogP contribution in [0, 0.1) is 0 Å². The number of pyridine rings is 1. The van der Waals surface area contributed by atoms with E-state index in [0.717, 1.165) is 5.56 Å². The number of aromatic nitrogens is 3. The molecule has 5 heteroatoms. The Hall–Kier alpha value is -2.14. The highest BCUT2D eigenvalue weighted by Gasteiger charge is 2.13. The van der Waals surface area contributed by atoms with E-state index in [0.29, 0.717) is 22.6 Å². The standard InChI is InChI=1S/C19H21N3OS/c1-19(2,3)14-7-5-13(6-8-14)12-22-10-9-16-15(17(22)23)11-20-18(21-16)24-4/h5-11H,12H2,1-4H3. The third-order valence-corrected chi connectivity index (χ3v) is 4.62. The molecule has 0 aliphatic heterocycles. The summed E-state index contributed by atoms with van der Waals surface area (Å²) in [6.07, 6.45) is 5.35. The lowest BCUT2D eigenvalue weighted by molar-refractivity contribution is 0.589. The molecule has 0 unspecified atom stereocenters. The number of rotatable bonds is 3. The van der Waals surface area contributed by atoms with E-state index >= 15 is 0 Å². The molecule has 0 aliphatic carbocycles. The predicted octanol–water partition coefficient (Wildman–Crippen LogP) is 3.86. The van der Waals surface area contributed by atoms with Crippen LogP contribution < -0.4 is 5.56 Å². The Kier molecular flexibility index (Phi) is 4.45. The van der Waals surface area contributed by atoms with Gasteiger partial charge in [-0.25, -0.2) is 9.97 Å². The summed E-state index contributed by atoms with van der Waals surface area (Å²) in [6, 6.07) is 10.3. The van der Waals surface area contributed by atoms with Crippen LogP contribution >= 0.6 is 11.8 Å². The maximum atomic E-state index is 12.6. The van der Waals surface area contributed by atoms with Gasteiger partial charge in [-0.3, -0.25) is 4.79 Å². The molecule has 124 valence electrons. The van der Waals surface area contributed by atoms with Gasteiger partial charge in [0.05, 0.1) is 17.4 Å². The lowest BCUT2D eigenvalue weighted by Gasteiger charge is -2.19. The van der Waals surface area contributed by atoms with Crippen molar-refractivity contribution < 1.29 is 0 Å². The van der Waals surface area contributed by atoms with Crippen LogP contribution in [0.3, 0.4) is 0 Å². The molecule has 3 rings (SSSR count). The van der Waals surface area contributed by atoms with Gasteiger partial charge in [-0.1, -0.05) is 56.8 Å². The molecule has 0 atom stereocenters. The molecule has 2 aromatic heterocycles. The first-order valence-electron chi connectivity index (χ1n) is 7.88. The summed E-state index contributed by atoms with van der Waals surface area (Å²) in [5.74, 6) is 0. The summed E-state index contributed by atoms with van der Waals surface area (Å²) in [7, 11) is 0. The van der Waals surface area contributed by atoms with Crippen LogP contribution in [0.15, 0.2) is 52.7 Å². The SMILES string of the molecule is CSc1ncc2c(=O)n(Cc3ccc(C(C)(C)C)cc3)ccc2n1. The molecule has 24 heavy (non-hydrogen) atoms. The lowest BCUT2D eigenvalue weighted by atomic mass is 9.87. The number of benzene rings is 1. The lowest BCUT2D eigenvalue weighted by Crippen LogP contribution is -2.20. The molecule has 1 aromatic carbocycles. The fraction of sp³-hybridized carbons (Fsp3) is 0.316. The second kappa shape index (κ2) is 6.40. The van der Waals surface area contributed by atoms with Gasteiger partial charge in [0, 0.05) is 12.4 Å². The quantitative estimate of drug-likeness (QED) is 0.537. The number of hydrogen-bond donors (Lipinski definition) is 0. The van der Waals surface area contributed by atoms with Gasteiger partial charge in [0.15, 0.2) is 5.16 Å².